The van der Waals surface area contributed by atoms with E-state index in [0.717, 1.165) is 0 Å². The molecule has 0 saturated carbocycles. The van der Waals surface area contributed by atoms with Gasteiger partial charge in [-0.05, 0) is 6.42 Å². The van der Waals surface area contributed by atoms with Crippen molar-refractivity contribution in [3.8, 4) is 5.75 Å². The summed E-state index contributed by atoms with van der Waals surface area (Å²) in [6, 6.07) is 4.40. The van der Waals surface area contributed by atoms with Gasteiger partial charge in [0.15, 0.2) is 0 Å². The molecule has 94 valence electrons. The normalized spacial score (nSPS) is 11.9. The van der Waals surface area contributed by atoms with Crippen LogP contribution in [-0.2, 0) is 0 Å². The van der Waals surface area contributed by atoms with Crippen molar-refractivity contribution < 1.29 is 14.8 Å². The number of methoxy groups -OCH3 is 1. The van der Waals surface area contributed by atoms with Gasteiger partial charge in [-0.3, -0.25) is 10.1 Å². The summed E-state index contributed by atoms with van der Waals surface area (Å²) in [4.78, 5) is 10.2. The van der Waals surface area contributed by atoms with Crippen LogP contribution in [0.1, 0.15) is 13.3 Å². The van der Waals surface area contributed by atoms with Crippen molar-refractivity contribution >= 4 is 11.4 Å². The van der Waals surface area contributed by atoms with Crippen LogP contribution in [0.15, 0.2) is 18.2 Å². The van der Waals surface area contributed by atoms with Crippen molar-refractivity contribution in [2.45, 2.75) is 19.4 Å². The van der Waals surface area contributed by atoms with Gasteiger partial charge in [0.2, 0.25) is 0 Å². The van der Waals surface area contributed by atoms with Crippen LogP contribution in [0.2, 0.25) is 0 Å². The minimum atomic E-state index is -0.482. The molecule has 0 radical (unpaired) electrons. The topological polar surface area (TPSA) is 84.6 Å². The number of aliphatic hydroxyl groups excluding tert-OH is 1. The zero-order chi connectivity index (χ0) is 12.8. The number of ether oxygens (including phenoxy) is 1. The number of benzene rings is 1. The van der Waals surface area contributed by atoms with Gasteiger partial charge in [0, 0.05) is 24.4 Å². The minimum Gasteiger partial charge on any atom is -0.496 e. The molecule has 0 aliphatic heterocycles. The Morgan fingerprint density at radius 1 is 1.53 bits per heavy atom. The molecule has 0 aliphatic rings. The highest BCUT2D eigenvalue weighted by molar-refractivity contribution is 5.56. The second kappa shape index (κ2) is 6.05. The number of nitro benzene ring substituents is 1. The molecule has 0 amide bonds. The molecular weight excluding hydrogens is 224 g/mol. The molecule has 1 atom stereocenters. The standard InChI is InChI=1S/C11H16N2O4/c1-3-10(14)7-12-8-4-9(13(15)16)6-11(5-8)17-2/h4-6,10,12,14H,3,7H2,1-2H3. The van der Waals surface area contributed by atoms with Gasteiger partial charge in [-0.15, -0.1) is 0 Å². The number of rotatable bonds is 6. The molecule has 0 saturated heterocycles. The lowest BCUT2D eigenvalue weighted by atomic mass is 10.2. The number of hydrogen-bond donors (Lipinski definition) is 2. The van der Waals surface area contributed by atoms with E-state index in [-0.39, 0.29) is 5.69 Å². The number of nitro groups is 1. The van der Waals surface area contributed by atoms with Crippen LogP contribution in [0.3, 0.4) is 0 Å². The van der Waals surface area contributed by atoms with Gasteiger partial charge in [-0.1, -0.05) is 6.92 Å². The van der Waals surface area contributed by atoms with Crippen LogP contribution in [0, 0.1) is 10.1 Å². The maximum absolute atomic E-state index is 10.7. The Morgan fingerprint density at radius 2 is 2.24 bits per heavy atom. The van der Waals surface area contributed by atoms with E-state index in [1.807, 2.05) is 6.92 Å². The van der Waals surface area contributed by atoms with Crippen molar-refractivity contribution in [2.24, 2.45) is 0 Å². The zero-order valence-corrected chi connectivity index (χ0v) is 9.84. The van der Waals surface area contributed by atoms with Crippen LogP contribution in [0.25, 0.3) is 0 Å². The van der Waals surface area contributed by atoms with Crippen molar-refractivity contribution in [3.63, 3.8) is 0 Å². The van der Waals surface area contributed by atoms with Gasteiger partial charge in [0.25, 0.3) is 5.69 Å². The van der Waals surface area contributed by atoms with Crippen LogP contribution < -0.4 is 10.1 Å². The number of anilines is 1. The summed E-state index contributed by atoms with van der Waals surface area (Å²) in [6.07, 6.45) is 0.152. The van der Waals surface area contributed by atoms with E-state index in [2.05, 4.69) is 5.32 Å². The molecule has 2 N–H and O–H groups in total. The average molecular weight is 240 g/mol. The molecule has 1 aromatic carbocycles. The molecule has 0 fully saturated rings. The lowest BCUT2D eigenvalue weighted by molar-refractivity contribution is -0.384. The Balaban J connectivity index is 2.83. The van der Waals surface area contributed by atoms with Gasteiger partial charge in [0.1, 0.15) is 5.75 Å². The van der Waals surface area contributed by atoms with Gasteiger partial charge < -0.3 is 15.2 Å². The molecule has 1 unspecified atom stereocenters. The molecule has 0 aromatic heterocycles. The molecule has 6 heteroatoms. The van der Waals surface area contributed by atoms with Gasteiger partial charge in [-0.25, -0.2) is 0 Å². The van der Waals surface area contributed by atoms with Crippen molar-refractivity contribution in [1.82, 2.24) is 0 Å². The predicted molar refractivity (Wildman–Crippen MR) is 64.4 cm³/mol. The molecule has 0 aliphatic carbocycles. The van der Waals surface area contributed by atoms with Gasteiger partial charge >= 0.3 is 0 Å². The second-order valence-electron chi connectivity index (χ2n) is 3.62. The monoisotopic (exact) mass is 240 g/mol. The largest absolute Gasteiger partial charge is 0.496 e. The highest BCUT2D eigenvalue weighted by Crippen LogP contribution is 2.25. The first-order valence-electron chi connectivity index (χ1n) is 5.32. The summed E-state index contributed by atoms with van der Waals surface area (Å²) in [6.45, 7) is 2.21. The lowest BCUT2D eigenvalue weighted by Gasteiger charge is -2.11. The summed E-state index contributed by atoms with van der Waals surface area (Å²) < 4.78 is 4.97. The molecule has 0 spiro atoms. The quantitative estimate of drug-likeness (QED) is 0.585. The third-order valence-corrected chi connectivity index (χ3v) is 2.35. The van der Waals surface area contributed by atoms with Crippen LogP contribution >= 0.6 is 0 Å². The van der Waals surface area contributed by atoms with Crippen molar-refractivity contribution in [3.05, 3.63) is 28.3 Å². The molecular formula is C11H16N2O4. The Labute approximate surface area is 99.4 Å². The fourth-order valence-electron chi connectivity index (χ4n) is 1.29. The second-order valence-corrected chi connectivity index (χ2v) is 3.62. The number of aliphatic hydroxyl groups is 1. The summed E-state index contributed by atoms with van der Waals surface area (Å²) >= 11 is 0. The fraction of sp³-hybridized carbons (Fsp3) is 0.455. The maximum atomic E-state index is 10.7. The van der Waals surface area contributed by atoms with E-state index in [0.29, 0.717) is 24.4 Å². The number of non-ortho nitro benzene ring substituents is 1. The first kappa shape index (κ1) is 13.2. The van der Waals surface area contributed by atoms with Gasteiger partial charge in [0.05, 0.1) is 24.2 Å². The Kier molecular flexibility index (Phi) is 4.71. The van der Waals surface area contributed by atoms with Crippen molar-refractivity contribution in [1.29, 1.82) is 0 Å². The SMILES string of the molecule is CCC(O)CNc1cc(OC)cc([N+](=O)[O-])c1. The smallest absolute Gasteiger partial charge is 0.275 e. The van der Waals surface area contributed by atoms with E-state index >= 15 is 0 Å². The van der Waals surface area contributed by atoms with Crippen LogP contribution in [0.4, 0.5) is 11.4 Å². The maximum Gasteiger partial charge on any atom is 0.275 e. The summed E-state index contributed by atoms with van der Waals surface area (Å²) in [5, 5.41) is 23.0. The van der Waals surface area contributed by atoms with E-state index in [4.69, 9.17) is 4.74 Å². The predicted octanol–water partition coefficient (Wildman–Crippen LogP) is 1.79. The lowest BCUT2D eigenvalue weighted by Crippen LogP contribution is -2.18. The van der Waals surface area contributed by atoms with E-state index in [1.165, 1.54) is 19.2 Å². The van der Waals surface area contributed by atoms with E-state index in [1.54, 1.807) is 6.07 Å². The summed E-state index contributed by atoms with van der Waals surface area (Å²) in [5.74, 6) is 0.410. The molecule has 17 heavy (non-hydrogen) atoms. The van der Waals surface area contributed by atoms with Crippen LogP contribution in [0.5, 0.6) is 5.75 Å². The Bertz CT molecular complexity index is 395. The fourth-order valence-corrected chi connectivity index (χ4v) is 1.29. The third kappa shape index (κ3) is 3.92. The van der Waals surface area contributed by atoms with Crippen molar-refractivity contribution in [2.75, 3.05) is 19.0 Å². The zero-order valence-electron chi connectivity index (χ0n) is 9.84. The number of nitrogens with one attached hydrogen (secondary N) is 1. The molecule has 1 rings (SSSR count). The minimum absolute atomic E-state index is 0.0437. The summed E-state index contributed by atoms with van der Waals surface area (Å²) in [7, 11) is 1.45. The number of nitrogens with zero attached hydrogens (tertiary/aromatic N) is 1. The van der Waals surface area contributed by atoms with E-state index < -0.39 is 11.0 Å². The molecule has 1 aromatic rings. The molecule has 6 nitrogen and oxygen atoms in total. The Morgan fingerprint density at radius 3 is 2.76 bits per heavy atom. The molecule has 0 heterocycles. The average Bonchev–Trinajstić information content (AvgIpc) is 2.35. The third-order valence-electron chi connectivity index (χ3n) is 2.35. The first-order chi connectivity index (χ1) is 8.06. The molecule has 0 bridgehead atoms. The van der Waals surface area contributed by atoms with E-state index in [9.17, 15) is 15.2 Å². The van der Waals surface area contributed by atoms with Crippen LogP contribution in [-0.4, -0.2) is 29.8 Å². The summed E-state index contributed by atoms with van der Waals surface area (Å²) in [5.41, 5.74) is 0.515. The highest BCUT2D eigenvalue weighted by Gasteiger charge is 2.10. The first-order valence-corrected chi connectivity index (χ1v) is 5.32. The Hall–Kier alpha value is -1.82. The van der Waals surface area contributed by atoms with Gasteiger partial charge in [-0.2, -0.15) is 0 Å². The highest BCUT2D eigenvalue weighted by atomic mass is 16.6. The number of hydrogen-bond acceptors (Lipinski definition) is 5.